The Bertz CT molecular complexity index is 120. The predicted molar refractivity (Wildman–Crippen MR) is 48.8 cm³/mol. The van der Waals surface area contributed by atoms with E-state index in [0.717, 1.165) is 32.7 Å². The third-order valence-electron chi connectivity index (χ3n) is 2.49. The summed E-state index contributed by atoms with van der Waals surface area (Å²) in [6.45, 7) is 0.652. The second-order valence-corrected chi connectivity index (χ2v) is 3.23. The highest BCUT2D eigenvalue weighted by Crippen LogP contribution is 2.38. The van der Waals surface area contributed by atoms with Gasteiger partial charge in [0, 0.05) is 12.5 Å². The van der Waals surface area contributed by atoms with E-state index in [-0.39, 0.29) is 5.41 Å². The summed E-state index contributed by atoms with van der Waals surface area (Å²) in [7, 11) is 1.00. The standard InChI is InChI=1S/C8H15NO.CH4O/c9-6-5-8(7-10)3-1-2-4-8;1-2/h7H,1-6,9H2;2H,1H3. The predicted octanol–water partition coefficient (Wildman–Crippen LogP) is 0.703. The maximum Gasteiger partial charge on any atom is 0.126 e. The fourth-order valence-corrected chi connectivity index (χ4v) is 1.79. The van der Waals surface area contributed by atoms with Crippen molar-refractivity contribution in [3.63, 3.8) is 0 Å². The lowest BCUT2D eigenvalue weighted by Gasteiger charge is -2.19. The zero-order valence-electron chi connectivity index (χ0n) is 7.75. The fraction of sp³-hybridized carbons (Fsp3) is 0.889. The Kier molecular flexibility index (Phi) is 5.93. The van der Waals surface area contributed by atoms with Crippen LogP contribution in [0.2, 0.25) is 0 Å². The molecule has 0 atom stereocenters. The lowest BCUT2D eigenvalue weighted by atomic mass is 9.85. The van der Waals surface area contributed by atoms with E-state index >= 15 is 0 Å². The van der Waals surface area contributed by atoms with Crippen molar-refractivity contribution in [2.24, 2.45) is 11.1 Å². The van der Waals surface area contributed by atoms with Gasteiger partial charge in [-0.05, 0) is 25.8 Å². The number of aldehydes is 1. The van der Waals surface area contributed by atoms with Gasteiger partial charge in [-0.1, -0.05) is 12.8 Å². The van der Waals surface area contributed by atoms with Crippen molar-refractivity contribution in [1.82, 2.24) is 0 Å². The summed E-state index contributed by atoms with van der Waals surface area (Å²) >= 11 is 0. The lowest BCUT2D eigenvalue weighted by molar-refractivity contribution is -0.116. The maximum absolute atomic E-state index is 10.7. The van der Waals surface area contributed by atoms with Crippen LogP contribution in [0, 0.1) is 5.41 Å². The normalized spacial score (nSPS) is 19.6. The highest BCUT2D eigenvalue weighted by Gasteiger charge is 2.32. The molecule has 1 fully saturated rings. The Hall–Kier alpha value is -0.410. The van der Waals surface area contributed by atoms with E-state index in [0.29, 0.717) is 6.54 Å². The Morgan fingerprint density at radius 2 is 1.92 bits per heavy atom. The van der Waals surface area contributed by atoms with Crippen LogP contribution in [0.4, 0.5) is 0 Å². The van der Waals surface area contributed by atoms with Gasteiger partial charge in [0.2, 0.25) is 0 Å². The summed E-state index contributed by atoms with van der Waals surface area (Å²) in [5.41, 5.74) is 5.39. The van der Waals surface area contributed by atoms with Crippen LogP contribution in [-0.4, -0.2) is 25.0 Å². The minimum Gasteiger partial charge on any atom is -0.400 e. The van der Waals surface area contributed by atoms with Gasteiger partial charge in [0.05, 0.1) is 0 Å². The van der Waals surface area contributed by atoms with Crippen LogP contribution in [0.1, 0.15) is 32.1 Å². The molecule has 1 rings (SSSR count). The molecule has 3 N–H and O–H groups in total. The Labute approximate surface area is 74.0 Å². The number of carbonyl (C=O) groups excluding carboxylic acids is 1. The highest BCUT2D eigenvalue weighted by molar-refractivity contribution is 5.59. The van der Waals surface area contributed by atoms with Gasteiger partial charge in [-0.3, -0.25) is 0 Å². The van der Waals surface area contributed by atoms with E-state index in [4.69, 9.17) is 10.8 Å². The molecule has 1 aliphatic carbocycles. The minimum atomic E-state index is -0.0191. The van der Waals surface area contributed by atoms with Crippen LogP contribution in [0.25, 0.3) is 0 Å². The zero-order valence-corrected chi connectivity index (χ0v) is 7.75. The molecule has 12 heavy (non-hydrogen) atoms. The van der Waals surface area contributed by atoms with Gasteiger partial charge in [-0.2, -0.15) is 0 Å². The van der Waals surface area contributed by atoms with E-state index in [2.05, 4.69) is 0 Å². The van der Waals surface area contributed by atoms with E-state index < -0.39 is 0 Å². The number of aliphatic hydroxyl groups excluding tert-OH is 1. The topological polar surface area (TPSA) is 63.3 Å². The van der Waals surface area contributed by atoms with Crippen LogP contribution < -0.4 is 5.73 Å². The van der Waals surface area contributed by atoms with Crippen molar-refractivity contribution < 1.29 is 9.90 Å². The second kappa shape index (κ2) is 6.14. The number of aliphatic hydroxyl groups is 1. The molecular weight excluding hydrogens is 154 g/mol. The minimum absolute atomic E-state index is 0.0191. The SMILES string of the molecule is CO.NCCC1(C=O)CCCC1. The molecule has 0 spiro atoms. The van der Waals surface area contributed by atoms with E-state index in [1.165, 1.54) is 12.8 Å². The molecule has 0 aromatic rings. The van der Waals surface area contributed by atoms with Gasteiger partial charge in [0.25, 0.3) is 0 Å². The summed E-state index contributed by atoms with van der Waals surface area (Å²) in [6, 6.07) is 0. The number of carbonyl (C=O) groups is 1. The van der Waals surface area contributed by atoms with Crippen molar-refractivity contribution in [2.45, 2.75) is 32.1 Å². The smallest absolute Gasteiger partial charge is 0.126 e. The summed E-state index contributed by atoms with van der Waals surface area (Å²) < 4.78 is 0. The monoisotopic (exact) mass is 173 g/mol. The van der Waals surface area contributed by atoms with Gasteiger partial charge in [-0.25, -0.2) is 0 Å². The van der Waals surface area contributed by atoms with E-state index in [9.17, 15) is 4.79 Å². The first-order valence-corrected chi connectivity index (χ1v) is 4.44. The molecule has 72 valence electrons. The van der Waals surface area contributed by atoms with Gasteiger partial charge < -0.3 is 15.6 Å². The fourth-order valence-electron chi connectivity index (χ4n) is 1.79. The quantitative estimate of drug-likeness (QED) is 0.618. The molecule has 0 saturated heterocycles. The van der Waals surface area contributed by atoms with Crippen molar-refractivity contribution >= 4 is 6.29 Å². The second-order valence-electron chi connectivity index (χ2n) is 3.23. The van der Waals surface area contributed by atoms with Crippen molar-refractivity contribution in [3.8, 4) is 0 Å². The third-order valence-corrected chi connectivity index (χ3v) is 2.49. The van der Waals surface area contributed by atoms with E-state index in [1.807, 2.05) is 0 Å². The number of nitrogens with two attached hydrogens (primary N) is 1. The summed E-state index contributed by atoms with van der Waals surface area (Å²) in [5.74, 6) is 0. The van der Waals surface area contributed by atoms with Crippen LogP contribution in [0.3, 0.4) is 0 Å². The van der Waals surface area contributed by atoms with Crippen LogP contribution >= 0.6 is 0 Å². The maximum atomic E-state index is 10.7. The number of hydrogen-bond donors (Lipinski definition) is 2. The molecule has 0 aliphatic heterocycles. The molecule has 3 heteroatoms. The Morgan fingerprint density at radius 3 is 2.25 bits per heavy atom. The average molecular weight is 173 g/mol. The molecule has 1 aliphatic rings. The number of hydrogen-bond acceptors (Lipinski definition) is 3. The Balaban J connectivity index is 0.000000561. The summed E-state index contributed by atoms with van der Waals surface area (Å²) in [4.78, 5) is 10.7. The molecule has 0 aromatic carbocycles. The molecule has 3 nitrogen and oxygen atoms in total. The van der Waals surface area contributed by atoms with Gasteiger partial charge in [0.1, 0.15) is 6.29 Å². The van der Waals surface area contributed by atoms with E-state index in [1.54, 1.807) is 0 Å². The van der Waals surface area contributed by atoms with Gasteiger partial charge >= 0.3 is 0 Å². The summed E-state index contributed by atoms with van der Waals surface area (Å²) in [6.07, 6.45) is 6.54. The molecule has 0 unspecified atom stereocenters. The molecule has 1 saturated carbocycles. The Morgan fingerprint density at radius 1 is 1.42 bits per heavy atom. The van der Waals surface area contributed by atoms with Gasteiger partial charge in [0.15, 0.2) is 0 Å². The molecule has 0 aromatic heterocycles. The van der Waals surface area contributed by atoms with Crippen molar-refractivity contribution in [3.05, 3.63) is 0 Å². The third kappa shape index (κ3) is 2.91. The van der Waals surface area contributed by atoms with Crippen molar-refractivity contribution in [1.29, 1.82) is 0 Å². The zero-order chi connectivity index (χ0) is 9.45. The lowest BCUT2D eigenvalue weighted by Crippen LogP contribution is -2.22. The highest BCUT2D eigenvalue weighted by atomic mass is 16.2. The van der Waals surface area contributed by atoms with Crippen molar-refractivity contribution in [2.75, 3.05) is 13.7 Å². The first kappa shape index (κ1) is 11.6. The van der Waals surface area contributed by atoms with Crippen LogP contribution in [0.5, 0.6) is 0 Å². The van der Waals surface area contributed by atoms with Crippen LogP contribution in [-0.2, 0) is 4.79 Å². The van der Waals surface area contributed by atoms with Crippen LogP contribution in [0.15, 0.2) is 0 Å². The molecule has 0 bridgehead atoms. The molecule has 0 heterocycles. The molecular formula is C9H19NO2. The summed E-state index contributed by atoms with van der Waals surface area (Å²) in [5, 5.41) is 7.00. The molecule has 0 amide bonds. The molecule has 0 radical (unpaired) electrons. The number of rotatable bonds is 3. The average Bonchev–Trinajstić information content (AvgIpc) is 2.58. The largest absolute Gasteiger partial charge is 0.400 e. The first-order valence-electron chi connectivity index (χ1n) is 4.44. The first-order chi connectivity index (χ1) is 5.83. The van der Waals surface area contributed by atoms with Gasteiger partial charge in [-0.15, -0.1) is 0 Å².